The molecule has 2 aliphatic rings. The number of nitrogens with zero attached hydrogens (tertiary/aromatic N) is 1. The highest BCUT2D eigenvalue weighted by Crippen LogP contribution is 2.34. The van der Waals surface area contributed by atoms with Crippen LogP contribution in [0.15, 0.2) is 0 Å². The summed E-state index contributed by atoms with van der Waals surface area (Å²) >= 11 is 0. The van der Waals surface area contributed by atoms with Crippen LogP contribution in [0.2, 0.25) is 0 Å². The Labute approximate surface area is 115 Å². The summed E-state index contributed by atoms with van der Waals surface area (Å²) in [6, 6.07) is -0.305. The molecule has 2 fully saturated rings. The van der Waals surface area contributed by atoms with E-state index in [-0.39, 0.29) is 23.3 Å². The van der Waals surface area contributed by atoms with Gasteiger partial charge in [-0.2, -0.15) is 0 Å². The van der Waals surface area contributed by atoms with E-state index >= 15 is 0 Å². The average molecular weight is 267 g/mol. The minimum absolute atomic E-state index is 0.0499. The van der Waals surface area contributed by atoms with Gasteiger partial charge in [-0.05, 0) is 38.8 Å². The van der Waals surface area contributed by atoms with Gasteiger partial charge in [-0.3, -0.25) is 9.59 Å². The zero-order chi connectivity index (χ0) is 13.9. The summed E-state index contributed by atoms with van der Waals surface area (Å²) in [6.07, 6.45) is 4.41. The Morgan fingerprint density at radius 2 is 2.16 bits per heavy atom. The molecule has 2 N–H and O–H groups in total. The molecule has 0 aromatic heterocycles. The molecule has 0 aliphatic carbocycles. The van der Waals surface area contributed by atoms with E-state index in [0.29, 0.717) is 0 Å². The van der Waals surface area contributed by atoms with E-state index in [1.807, 2.05) is 0 Å². The lowest BCUT2D eigenvalue weighted by Gasteiger charge is -2.36. The van der Waals surface area contributed by atoms with Crippen molar-refractivity contribution in [2.75, 3.05) is 26.7 Å². The molecule has 0 radical (unpaired) electrons. The van der Waals surface area contributed by atoms with Crippen molar-refractivity contribution in [3.05, 3.63) is 0 Å². The van der Waals surface area contributed by atoms with Crippen molar-refractivity contribution in [1.82, 2.24) is 15.5 Å². The molecule has 0 aromatic carbocycles. The van der Waals surface area contributed by atoms with Gasteiger partial charge in [0, 0.05) is 13.6 Å². The van der Waals surface area contributed by atoms with Gasteiger partial charge in [0.15, 0.2) is 0 Å². The van der Waals surface area contributed by atoms with Gasteiger partial charge in [-0.15, -0.1) is 0 Å². The lowest BCUT2D eigenvalue weighted by atomic mass is 9.74. The molecule has 1 atom stereocenters. The van der Waals surface area contributed by atoms with Gasteiger partial charge in [0.2, 0.25) is 11.8 Å². The minimum atomic E-state index is -0.305. The Bertz CT molecular complexity index is 345. The second-order valence-electron chi connectivity index (χ2n) is 5.85. The summed E-state index contributed by atoms with van der Waals surface area (Å²) in [5.41, 5.74) is -0.262. The quantitative estimate of drug-likeness (QED) is 0.780. The Morgan fingerprint density at radius 3 is 2.68 bits per heavy atom. The lowest BCUT2D eigenvalue weighted by molar-refractivity contribution is -0.137. The first-order chi connectivity index (χ1) is 9.09. The molecule has 0 bridgehead atoms. The number of carbonyl (C=O) groups excluding carboxylic acids is 2. The standard InChI is InChI=1S/C14H25N3O2/c1-3-5-14(6-8-15-9-7-14)13(19)16-11-4-10-17(2)12(11)18/h11,15H,3-10H2,1-2H3,(H,16,19). The molecule has 0 aromatic rings. The number of hydrogen-bond acceptors (Lipinski definition) is 3. The summed E-state index contributed by atoms with van der Waals surface area (Å²) in [6.45, 7) is 4.65. The van der Waals surface area contributed by atoms with Crippen molar-refractivity contribution >= 4 is 11.8 Å². The van der Waals surface area contributed by atoms with Crippen LogP contribution < -0.4 is 10.6 Å². The number of piperidine rings is 1. The van der Waals surface area contributed by atoms with Crippen LogP contribution in [0, 0.1) is 5.41 Å². The lowest BCUT2D eigenvalue weighted by Crippen LogP contribution is -2.51. The highest BCUT2D eigenvalue weighted by molar-refractivity contribution is 5.91. The van der Waals surface area contributed by atoms with E-state index in [2.05, 4.69) is 17.6 Å². The van der Waals surface area contributed by atoms with Crippen molar-refractivity contribution in [3.63, 3.8) is 0 Å². The molecular weight excluding hydrogens is 242 g/mol. The number of carbonyl (C=O) groups is 2. The number of hydrogen-bond donors (Lipinski definition) is 2. The molecule has 5 heteroatoms. The predicted molar refractivity (Wildman–Crippen MR) is 73.6 cm³/mol. The summed E-state index contributed by atoms with van der Waals surface area (Å²) in [7, 11) is 1.79. The first kappa shape index (κ1) is 14.3. The third-order valence-corrected chi connectivity index (χ3v) is 4.50. The molecule has 2 amide bonds. The maximum absolute atomic E-state index is 12.6. The van der Waals surface area contributed by atoms with Crippen molar-refractivity contribution in [2.24, 2.45) is 5.41 Å². The van der Waals surface area contributed by atoms with Gasteiger partial charge in [0.05, 0.1) is 5.41 Å². The van der Waals surface area contributed by atoms with Gasteiger partial charge in [0.1, 0.15) is 6.04 Å². The first-order valence-electron chi connectivity index (χ1n) is 7.36. The molecule has 5 nitrogen and oxygen atoms in total. The number of rotatable bonds is 4. The molecule has 2 rings (SSSR count). The first-order valence-corrected chi connectivity index (χ1v) is 7.36. The van der Waals surface area contributed by atoms with Crippen LogP contribution in [0.1, 0.15) is 39.0 Å². The van der Waals surface area contributed by atoms with E-state index < -0.39 is 0 Å². The van der Waals surface area contributed by atoms with Gasteiger partial charge in [-0.1, -0.05) is 13.3 Å². The Morgan fingerprint density at radius 1 is 1.47 bits per heavy atom. The summed E-state index contributed by atoms with van der Waals surface area (Å²) in [5.74, 6) is 0.137. The van der Waals surface area contributed by atoms with Crippen molar-refractivity contribution in [2.45, 2.75) is 45.1 Å². The third kappa shape index (κ3) is 2.91. The van der Waals surface area contributed by atoms with Crippen LogP contribution in [0.3, 0.4) is 0 Å². The van der Waals surface area contributed by atoms with Gasteiger partial charge in [0.25, 0.3) is 0 Å². The normalized spacial score (nSPS) is 26.5. The summed E-state index contributed by atoms with van der Waals surface area (Å²) in [4.78, 5) is 26.2. The largest absolute Gasteiger partial charge is 0.344 e. The van der Waals surface area contributed by atoms with Gasteiger partial charge >= 0.3 is 0 Å². The Hall–Kier alpha value is -1.10. The van der Waals surface area contributed by atoms with E-state index in [1.54, 1.807) is 11.9 Å². The van der Waals surface area contributed by atoms with Crippen LogP contribution in [0.4, 0.5) is 0 Å². The summed E-state index contributed by atoms with van der Waals surface area (Å²) in [5, 5.41) is 6.30. The second kappa shape index (κ2) is 5.90. The van der Waals surface area contributed by atoms with Crippen LogP contribution in [0.25, 0.3) is 0 Å². The minimum Gasteiger partial charge on any atom is -0.344 e. The SMILES string of the molecule is CCCC1(C(=O)NC2CCN(C)C2=O)CCNCC1. The van der Waals surface area contributed by atoms with Crippen LogP contribution in [0.5, 0.6) is 0 Å². The molecular formula is C14H25N3O2. The van der Waals surface area contributed by atoms with Crippen LogP contribution >= 0.6 is 0 Å². The Kier molecular flexibility index (Phi) is 4.45. The zero-order valence-electron chi connectivity index (χ0n) is 12.0. The highest BCUT2D eigenvalue weighted by atomic mass is 16.2. The topological polar surface area (TPSA) is 61.4 Å². The second-order valence-corrected chi connectivity index (χ2v) is 5.85. The maximum Gasteiger partial charge on any atom is 0.244 e. The summed E-state index contributed by atoms with van der Waals surface area (Å²) < 4.78 is 0. The molecule has 2 aliphatic heterocycles. The van der Waals surface area contributed by atoms with Gasteiger partial charge < -0.3 is 15.5 Å². The monoisotopic (exact) mass is 267 g/mol. The zero-order valence-corrected chi connectivity index (χ0v) is 12.0. The van der Waals surface area contributed by atoms with E-state index in [4.69, 9.17) is 0 Å². The maximum atomic E-state index is 12.6. The molecule has 19 heavy (non-hydrogen) atoms. The van der Waals surface area contributed by atoms with Crippen LogP contribution in [-0.2, 0) is 9.59 Å². The fraction of sp³-hybridized carbons (Fsp3) is 0.857. The number of nitrogens with one attached hydrogen (secondary N) is 2. The molecule has 0 saturated carbocycles. The van der Waals surface area contributed by atoms with E-state index in [0.717, 1.165) is 51.7 Å². The number of amides is 2. The number of likely N-dealkylation sites (tertiary alicyclic amines) is 1. The highest BCUT2D eigenvalue weighted by Gasteiger charge is 2.41. The van der Waals surface area contributed by atoms with E-state index in [1.165, 1.54) is 0 Å². The molecule has 0 spiro atoms. The Balaban J connectivity index is 2.01. The van der Waals surface area contributed by atoms with Crippen molar-refractivity contribution in [1.29, 1.82) is 0 Å². The molecule has 2 heterocycles. The third-order valence-electron chi connectivity index (χ3n) is 4.50. The molecule has 108 valence electrons. The van der Waals surface area contributed by atoms with E-state index in [9.17, 15) is 9.59 Å². The number of likely N-dealkylation sites (N-methyl/N-ethyl adjacent to an activating group) is 1. The van der Waals surface area contributed by atoms with Gasteiger partial charge in [-0.25, -0.2) is 0 Å². The van der Waals surface area contributed by atoms with Crippen molar-refractivity contribution in [3.8, 4) is 0 Å². The molecule has 1 unspecified atom stereocenters. The van der Waals surface area contributed by atoms with Crippen molar-refractivity contribution < 1.29 is 9.59 Å². The predicted octanol–water partition coefficient (Wildman–Crippen LogP) is 0.503. The smallest absolute Gasteiger partial charge is 0.244 e. The fourth-order valence-electron chi connectivity index (χ4n) is 3.24. The average Bonchev–Trinajstić information content (AvgIpc) is 2.72. The fourth-order valence-corrected chi connectivity index (χ4v) is 3.24. The molecule has 2 saturated heterocycles. The van der Waals surface area contributed by atoms with Crippen LogP contribution in [-0.4, -0.2) is 49.4 Å².